The second kappa shape index (κ2) is 4.79. The van der Waals surface area contributed by atoms with Crippen LogP contribution in [-0.2, 0) is 4.79 Å². The summed E-state index contributed by atoms with van der Waals surface area (Å²) in [6.45, 7) is 0. The molecule has 0 saturated heterocycles. The molecule has 1 aromatic heterocycles. The molecule has 84 valence electrons. The van der Waals surface area contributed by atoms with E-state index < -0.39 is 0 Å². The van der Waals surface area contributed by atoms with Crippen LogP contribution in [0.2, 0.25) is 0 Å². The van der Waals surface area contributed by atoms with Gasteiger partial charge < -0.3 is 10.4 Å². The molecule has 0 aliphatic heterocycles. The fourth-order valence-electron chi connectivity index (χ4n) is 1.74. The Morgan fingerprint density at radius 1 is 1.50 bits per heavy atom. The highest BCUT2D eigenvalue weighted by Gasteiger charge is 2.19. The molecule has 1 aliphatic carbocycles. The van der Waals surface area contributed by atoms with Crippen LogP contribution in [0, 0.1) is 5.92 Å². The van der Waals surface area contributed by atoms with E-state index in [4.69, 9.17) is 0 Å². The number of allylic oxidation sites excluding steroid dienone is 2. The van der Waals surface area contributed by atoms with Crippen molar-refractivity contribution in [3.05, 3.63) is 30.5 Å². The van der Waals surface area contributed by atoms with Crippen molar-refractivity contribution in [3.63, 3.8) is 0 Å². The predicted molar refractivity (Wildman–Crippen MR) is 61.0 cm³/mol. The molecule has 1 atom stereocenters. The summed E-state index contributed by atoms with van der Waals surface area (Å²) in [6.07, 6.45) is 8.20. The van der Waals surface area contributed by atoms with Gasteiger partial charge in [0.2, 0.25) is 5.91 Å². The summed E-state index contributed by atoms with van der Waals surface area (Å²) < 4.78 is 0. The number of nitrogens with zero attached hydrogens (tertiary/aromatic N) is 1. The molecule has 1 heterocycles. The van der Waals surface area contributed by atoms with Crippen LogP contribution >= 0.6 is 0 Å². The molecular formula is C12H14N2O2. The topological polar surface area (TPSA) is 62.2 Å². The average Bonchev–Trinajstić information content (AvgIpc) is 2.33. The van der Waals surface area contributed by atoms with Crippen LogP contribution in [-0.4, -0.2) is 16.0 Å². The van der Waals surface area contributed by atoms with E-state index in [-0.39, 0.29) is 23.4 Å². The van der Waals surface area contributed by atoms with Crippen LogP contribution in [0.4, 0.5) is 5.82 Å². The number of pyridine rings is 1. The number of nitrogens with one attached hydrogen (secondary N) is 1. The van der Waals surface area contributed by atoms with Gasteiger partial charge in [-0.2, -0.15) is 0 Å². The number of aromatic hydroxyl groups is 1. The number of carbonyl (C=O) groups excluding carboxylic acids is 1. The number of anilines is 1. The van der Waals surface area contributed by atoms with Crippen molar-refractivity contribution in [2.75, 3.05) is 5.32 Å². The third kappa shape index (κ3) is 2.39. The fraction of sp³-hybridized carbons (Fsp3) is 0.333. The third-order valence-corrected chi connectivity index (χ3v) is 2.67. The standard InChI is InChI=1S/C12H14N2O2/c15-10-7-4-8-13-11(10)14-12(16)9-5-2-1-3-6-9/h1-2,4,7-9,15H,3,5-6H2,(H,13,14,16)/t9-/m0/s1. The Morgan fingerprint density at radius 2 is 2.38 bits per heavy atom. The molecule has 1 aromatic rings. The maximum absolute atomic E-state index is 11.8. The van der Waals surface area contributed by atoms with E-state index in [1.54, 1.807) is 6.07 Å². The van der Waals surface area contributed by atoms with E-state index in [9.17, 15) is 9.90 Å². The first-order chi connectivity index (χ1) is 7.77. The summed E-state index contributed by atoms with van der Waals surface area (Å²) in [6, 6.07) is 3.12. The van der Waals surface area contributed by atoms with Crippen LogP contribution in [0.5, 0.6) is 5.75 Å². The molecule has 16 heavy (non-hydrogen) atoms. The molecule has 0 saturated carbocycles. The van der Waals surface area contributed by atoms with E-state index in [0.29, 0.717) is 0 Å². The first kappa shape index (κ1) is 10.7. The third-order valence-electron chi connectivity index (χ3n) is 2.67. The van der Waals surface area contributed by atoms with Crippen molar-refractivity contribution >= 4 is 11.7 Å². The molecule has 0 aromatic carbocycles. The molecule has 2 rings (SSSR count). The maximum atomic E-state index is 11.8. The van der Waals surface area contributed by atoms with Crippen molar-refractivity contribution in [1.82, 2.24) is 4.98 Å². The molecule has 1 aliphatic rings. The zero-order valence-corrected chi connectivity index (χ0v) is 8.89. The van der Waals surface area contributed by atoms with Gasteiger partial charge in [-0.05, 0) is 31.4 Å². The largest absolute Gasteiger partial charge is 0.504 e. The molecule has 1 amide bonds. The molecule has 4 heteroatoms. The van der Waals surface area contributed by atoms with E-state index in [0.717, 1.165) is 19.3 Å². The number of aromatic nitrogens is 1. The zero-order chi connectivity index (χ0) is 11.4. The van der Waals surface area contributed by atoms with Crippen LogP contribution in [0.1, 0.15) is 19.3 Å². The van der Waals surface area contributed by atoms with Crippen molar-refractivity contribution in [3.8, 4) is 5.75 Å². The van der Waals surface area contributed by atoms with Crippen LogP contribution in [0.25, 0.3) is 0 Å². The monoisotopic (exact) mass is 218 g/mol. The summed E-state index contributed by atoms with van der Waals surface area (Å²) in [5.74, 6) is 0.161. The van der Waals surface area contributed by atoms with E-state index in [2.05, 4.69) is 16.4 Å². The van der Waals surface area contributed by atoms with E-state index >= 15 is 0 Å². The number of hydrogen-bond donors (Lipinski definition) is 2. The fourth-order valence-corrected chi connectivity index (χ4v) is 1.74. The summed E-state index contributed by atoms with van der Waals surface area (Å²) in [5.41, 5.74) is 0. The van der Waals surface area contributed by atoms with E-state index in [1.807, 2.05) is 6.08 Å². The van der Waals surface area contributed by atoms with Crippen molar-refractivity contribution in [1.29, 1.82) is 0 Å². The van der Waals surface area contributed by atoms with Crippen molar-refractivity contribution in [2.24, 2.45) is 5.92 Å². The van der Waals surface area contributed by atoms with Gasteiger partial charge in [-0.3, -0.25) is 4.79 Å². The van der Waals surface area contributed by atoms with Crippen molar-refractivity contribution < 1.29 is 9.90 Å². The highest BCUT2D eigenvalue weighted by atomic mass is 16.3. The Labute approximate surface area is 94.0 Å². The summed E-state index contributed by atoms with van der Waals surface area (Å²) in [5, 5.41) is 12.1. The maximum Gasteiger partial charge on any atom is 0.229 e. The lowest BCUT2D eigenvalue weighted by Crippen LogP contribution is -2.23. The minimum Gasteiger partial charge on any atom is -0.504 e. The molecule has 0 fully saturated rings. The van der Waals surface area contributed by atoms with Gasteiger partial charge >= 0.3 is 0 Å². The first-order valence-corrected chi connectivity index (χ1v) is 5.37. The summed E-state index contributed by atoms with van der Waals surface area (Å²) in [7, 11) is 0. The SMILES string of the molecule is O=C(Nc1ncccc1O)[C@H]1CC=CCC1. The lowest BCUT2D eigenvalue weighted by atomic mass is 9.94. The Hall–Kier alpha value is -1.84. The predicted octanol–water partition coefficient (Wildman–Crippen LogP) is 2.08. The summed E-state index contributed by atoms with van der Waals surface area (Å²) >= 11 is 0. The quantitative estimate of drug-likeness (QED) is 0.747. The molecular weight excluding hydrogens is 204 g/mol. The number of amides is 1. The van der Waals surface area contributed by atoms with Gasteiger partial charge in [0.15, 0.2) is 11.6 Å². The highest BCUT2D eigenvalue weighted by Crippen LogP contribution is 2.23. The molecule has 2 N–H and O–H groups in total. The highest BCUT2D eigenvalue weighted by molar-refractivity contribution is 5.92. The summed E-state index contributed by atoms with van der Waals surface area (Å²) in [4.78, 5) is 15.7. The van der Waals surface area contributed by atoms with E-state index in [1.165, 1.54) is 12.3 Å². The van der Waals surface area contributed by atoms with Crippen LogP contribution in [0.3, 0.4) is 0 Å². The number of hydrogen-bond acceptors (Lipinski definition) is 3. The lowest BCUT2D eigenvalue weighted by Gasteiger charge is -2.17. The second-order valence-corrected chi connectivity index (χ2v) is 3.84. The zero-order valence-electron chi connectivity index (χ0n) is 8.89. The normalized spacial score (nSPS) is 19.4. The number of rotatable bonds is 2. The smallest absolute Gasteiger partial charge is 0.229 e. The van der Waals surface area contributed by atoms with Gasteiger partial charge in [0.1, 0.15) is 0 Å². The average molecular weight is 218 g/mol. The van der Waals surface area contributed by atoms with Crippen LogP contribution in [0.15, 0.2) is 30.5 Å². The Morgan fingerprint density at radius 3 is 3.06 bits per heavy atom. The Balaban J connectivity index is 2.02. The molecule has 4 nitrogen and oxygen atoms in total. The van der Waals surface area contributed by atoms with Gasteiger partial charge in [0, 0.05) is 12.1 Å². The molecule has 0 bridgehead atoms. The Bertz CT molecular complexity index is 415. The van der Waals surface area contributed by atoms with Gasteiger partial charge in [-0.25, -0.2) is 4.98 Å². The minimum absolute atomic E-state index is 0.00204. The molecule has 0 spiro atoms. The minimum atomic E-state index is -0.0710. The van der Waals surface area contributed by atoms with Gasteiger partial charge in [0.05, 0.1) is 0 Å². The van der Waals surface area contributed by atoms with Crippen LogP contribution < -0.4 is 5.32 Å². The van der Waals surface area contributed by atoms with Gasteiger partial charge in [-0.1, -0.05) is 12.2 Å². The van der Waals surface area contributed by atoms with Gasteiger partial charge in [-0.15, -0.1) is 0 Å². The number of carbonyl (C=O) groups is 1. The van der Waals surface area contributed by atoms with Crippen molar-refractivity contribution in [2.45, 2.75) is 19.3 Å². The molecule has 0 unspecified atom stereocenters. The second-order valence-electron chi connectivity index (χ2n) is 3.84. The molecule has 0 radical (unpaired) electrons. The Kier molecular flexibility index (Phi) is 3.19. The lowest BCUT2D eigenvalue weighted by molar-refractivity contribution is -0.120. The van der Waals surface area contributed by atoms with Gasteiger partial charge in [0.25, 0.3) is 0 Å². The first-order valence-electron chi connectivity index (χ1n) is 5.37.